The molecule has 0 radical (unpaired) electrons. The van der Waals surface area contributed by atoms with Gasteiger partial charge in [0, 0.05) is 23.2 Å². The van der Waals surface area contributed by atoms with E-state index < -0.39 is 17.3 Å². The zero-order valence-electron chi connectivity index (χ0n) is 19.2. The highest BCUT2D eigenvalue weighted by Crippen LogP contribution is 2.29. The summed E-state index contributed by atoms with van der Waals surface area (Å²) < 4.78 is 0. The van der Waals surface area contributed by atoms with Crippen molar-refractivity contribution < 1.29 is 19.5 Å². The number of rotatable bonds is 8. The molecular weight excluding hydrogens is 456 g/mol. The van der Waals surface area contributed by atoms with E-state index in [0.717, 1.165) is 5.56 Å². The Morgan fingerprint density at radius 3 is 2.19 bits per heavy atom. The molecule has 4 aromatic carbocycles. The van der Waals surface area contributed by atoms with Gasteiger partial charge in [0.15, 0.2) is 5.78 Å². The SMILES string of the molecule is N=C(N)c1ccc(CNC(=O)c2cccc3cc(C(N)(C(=O)O)C(=O)c4ccccc4)ccc23)cc1. The van der Waals surface area contributed by atoms with Gasteiger partial charge in [-0.15, -0.1) is 0 Å². The summed E-state index contributed by atoms with van der Waals surface area (Å²) in [5, 5.41) is 21.4. The summed E-state index contributed by atoms with van der Waals surface area (Å²) in [7, 11) is 0. The zero-order chi connectivity index (χ0) is 25.9. The number of aliphatic carboxylic acids is 1. The van der Waals surface area contributed by atoms with Crippen LogP contribution < -0.4 is 16.8 Å². The minimum absolute atomic E-state index is 0.0319. The third-order valence-electron chi connectivity index (χ3n) is 6.03. The molecule has 8 nitrogen and oxygen atoms in total. The van der Waals surface area contributed by atoms with Crippen molar-refractivity contribution in [2.75, 3.05) is 0 Å². The summed E-state index contributed by atoms with van der Waals surface area (Å²) in [4.78, 5) is 38.3. The summed E-state index contributed by atoms with van der Waals surface area (Å²) in [5.74, 6) is -2.56. The van der Waals surface area contributed by atoms with Gasteiger partial charge in [0.1, 0.15) is 5.84 Å². The first kappa shape index (κ1) is 24.3. The van der Waals surface area contributed by atoms with Crippen molar-refractivity contribution in [2.24, 2.45) is 11.5 Å². The van der Waals surface area contributed by atoms with Gasteiger partial charge in [-0.25, -0.2) is 4.79 Å². The minimum Gasteiger partial charge on any atom is -0.479 e. The molecule has 1 amide bonds. The Bertz CT molecular complexity index is 1480. The molecule has 1 unspecified atom stereocenters. The Hall–Kier alpha value is -4.82. The zero-order valence-corrected chi connectivity index (χ0v) is 19.2. The molecule has 4 rings (SSSR count). The molecule has 0 saturated heterocycles. The Labute approximate surface area is 207 Å². The summed E-state index contributed by atoms with van der Waals surface area (Å²) in [5.41, 5.74) is 11.5. The molecule has 0 aromatic heterocycles. The highest BCUT2D eigenvalue weighted by atomic mass is 16.4. The van der Waals surface area contributed by atoms with Crippen LogP contribution in [0.4, 0.5) is 0 Å². The average Bonchev–Trinajstić information content (AvgIpc) is 2.90. The molecule has 0 spiro atoms. The van der Waals surface area contributed by atoms with Crippen LogP contribution in [0, 0.1) is 5.41 Å². The lowest BCUT2D eigenvalue weighted by Crippen LogP contribution is -2.51. The maximum absolute atomic E-state index is 13.1. The number of ketones is 1. The molecule has 0 aliphatic rings. The molecule has 0 aliphatic carbocycles. The third-order valence-corrected chi connectivity index (χ3v) is 6.03. The standard InChI is InChI=1S/C28H24N4O4/c29-25(30)19-11-9-17(10-12-19)16-32-26(34)23-8-4-7-20-15-21(13-14-22(20)23)28(31,27(35)36)24(33)18-5-2-1-3-6-18/h1-15H,16,31H2,(H3,29,30)(H,32,34)(H,35,36). The number of benzene rings is 4. The van der Waals surface area contributed by atoms with Crippen molar-refractivity contribution >= 4 is 34.3 Å². The van der Waals surface area contributed by atoms with Gasteiger partial charge in [-0.2, -0.15) is 0 Å². The lowest BCUT2D eigenvalue weighted by atomic mass is 9.82. The number of carboxylic acid groups (broad SMARTS) is 1. The maximum Gasteiger partial charge on any atom is 0.336 e. The fourth-order valence-corrected chi connectivity index (χ4v) is 3.98. The molecule has 7 N–H and O–H groups in total. The monoisotopic (exact) mass is 480 g/mol. The number of carboxylic acids is 1. The molecular formula is C28H24N4O4. The summed E-state index contributed by atoms with van der Waals surface area (Å²) in [6.07, 6.45) is 0. The lowest BCUT2D eigenvalue weighted by molar-refractivity contribution is -0.141. The molecule has 0 saturated carbocycles. The second-order valence-electron chi connectivity index (χ2n) is 8.34. The van der Waals surface area contributed by atoms with Crippen LogP contribution in [0.3, 0.4) is 0 Å². The van der Waals surface area contributed by atoms with Crippen molar-refractivity contribution in [1.29, 1.82) is 5.41 Å². The van der Waals surface area contributed by atoms with Crippen LogP contribution in [0.5, 0.6) is 0 Å². The molecule has 1 atom stereocenters. The van der Waals surface area contributed by atoms with E-state index in [-0.39, 0.29) is 29.4 Å². The first-order chi connectivity index (χ1) is 17.2. The number of carbonyl (C=O) groups excluding carboxylic acids is 2. The van der Waals surface area contributed by atoms with Crippen molar-refractivity contribution in [1.82, 2.24) is 5.32 Å². The van der Waals surface area contributed by atoms with Crippen LogP contribution in [0.1, 0.15) is 37.4 Å². The molecule has 0 bridgehead atoms. The smallest absolute Gasteiger partial charge is 0.336 e. The molecule has 180 valence electrons. The van der Waals surface area contributed by atoms with Crippen LogP contribution in [-0.4, -0.2) is 28.6 Å². The highest BCUT2D eigenvalue weighted by molar-refractivity contribution is 6.17. The first-order valence-electron chi connectivity index (χ1n) is 11.1. The third kappa shape index (κ3) is 4.57. The topological polar surface area (TPSA) is 159 Å². The first-order valence-corrected chi connectivity index (χ1v) is 11.1. The second kappa shape index (κ2) is 9.81. The number of amides is 1. The molecule has 4 aromatic rings. The average molecular weight is 481 g/mol. The maximum atomic E-state index is 13.1. The van der Waals surface area contributed by atoms with Crippen LogP contribution in [0.25, 0.3) is 10.8 Å². The van der Waals surface area contributed by atoms with Gasteiger partial charge in [0.2, 0.25) is 5.54 Å². The van der Waals surface area contributed by atoms with E-state index in [1.807, 2.05) is 0 Å². The van der Waals surface area contributed by atoms with Gasteiger partial charge >= 0.3 is 5.97 Å². The van der Waals surface area contributed by atoms with Crippen LogP contribution in [-0.2, 0) is 16.9 Å². The van der Waals surface area contributed by atoms with Gasteiger partial charge in [0.25, 0.3) is 5.91 Å². The Kier molecular flexibility index (Phi) is 6.62. The number of fused-ring (bicyclic) bond motifs is 1. The van der Waals surface area contributed by atoms with E-state index >= 15 is 0 Å². The van der Waals surface area contributed by atoms with E-state index in [9.17, 15) is 19.5 Å². The number of carbonyl (C=O) groups is 3. The van der Waals surface area contributed by atoms with Crippen molar-refractivity contribution in [3.05, 3.63) is 119 Å². The van der Waals surface area contributed by atoms with Gasteiger partial charge in [0.05, 0.1) is 0 Å². The van der Waals surface area contributed by atoms with E-state index in [1.54, 1.807) is 66.7 Å². The van der Waals surface area contributed by atoms with E-state index in [0.29, 0.717) is 21.9 Å². The Morgan fingerprint density at radius 2 is 1.56 bits per heavy atom. The normalized spacial score (nSPS) is 12.5. The summed E-state index contributed by atoms with van der Waals surface area (Å²) >= 11 is 0. The fourth-order valence-electron chi connectivity index (χ4n) is 3.98. The van der Waals surface area contributed by atoms with Gasteiger partial charge in [-0.1, -0.05) is 78.9 Å². The summed E-state index contributed by atoms with van der Waals surface area (Å²) in [6.45, 7) is 0.266. The largest absolute Gasteiger partial charge is 0.479 e. The summed E-state index contributed by atoms with van der Waals surface area (Å²) in [6, 6.07) is 24.7. The molecule has 8 heteroatoms. The molecule has 0 fully saturated rings. The fraction of sp³-hybridized carbons (Fsp3) is 0.0714. The van der Waals surface area contributed by atoms with Crippen LogP contribution in [0.2, 0.25) is 0 Å². The number of hydrogen-bond acceptors (Lipinski definition) is 5. The second-order valence-corrected chi connectivity index (χ2v) is 8.34. The molecule has 0 heterocycles. The van der Waals surface area contributed by atoms with Gasteiger partial charge in [-0.3, -0.25) is 15.0 Å². The van der Waals surface area contributed by atoms with Crippen molar-refractivity contribution in [3.8, 4) is 0 Å². The number of hydrogen-bond donors (Lipinski definition) is 5. The van der Waals surface area contributed by atoms with E-state index in [2.05, 4.69) is 5.32 Å². The van der Waals surface area contributed by atoms with E-state index in [1.165, 1.54) is 24.3 Å². The number of Topliss-reactive ketones (excluding diaryl/α,β-unsaturated/α-hetero) is 1. The quantitative estimate of drug-likeness (QED) is 0.113. The minimum atomic E-state index is -2.29. The van der Waals surface area contributed by atoms with Crippen molar-refractivity contribution in [3.63, 3.8) is 0 Å². The van der Waals surface area contributed by atoms with Crippen LogP contribution in [0.15, 0.2) is 91.0 Å². The highest BCUT2D eigenvalue weighted by Gasteiger charge is 2.44. The van der Waals surface area contributed by atoms with E-state index in [4.69, 9.17) is 16.9 Å². The number of amidine groups is 1. The lowest BCUT2D eigenvalue weighted by Gasteiger charge is -2.24. The van der Waals surface area contributed by atoms with Crippen LogP contribution >= 0.6 is 0 Å². The van der Waals surface area contributed by atoms with Gasteiger partial charge in [-0.05, 0) is 34.0 Å². The number of nitrogens with two attached hydrogens (primary N) is 2. The Balaban J connectivity index is 1.62. The predicted octanol–water partition coefficient (Wildman–Crippen LogP) is 3.18. The van der Waals surface area contributed by atoms with Crippen molar-refractivity contribution in [2.45, 2.75) is 12.1 Å². The van der Waals surface area contributed by atoms with Gasteiger partial charge < -0.3 is 21.9 Å². The molecule has 36 heavy (non-hydrogen) atoms. The predicted molar refractivity (Wildman–Crippen MR) is 137 cm³/mol. The number of nitrogen functional groups attached to an aromatic ring is 1. The molecule has 0 aliphatic heterocycles. The number of nitrogens with one attached hydrogen (secondary N) is 2. The Morgan fingerprint density at radius 1 is 0.861 bits per heavy atom.